The zero-order valence-electron chi connectivity index (χ0n) is 14.7. The number of benzene rings is 1. The highest BCUT2D eigenvalue weighted by Crippen LogP contribution is 2.25. The zero-order chi connectivity index (χ0) is 18.2. The molecule has 0 saturated heterocycles. The minimum absolute atomic E-state index is 0.00585. The Kier molecular flexibility index (Phi) is 7.74. The minimum atomic E-state index is -0.00585. The van der Waals surface area contributed by atoms with Crippen molar-refractivity contribution in [2.24, 2.45) is 0 Å². The normalized spacial score (nSPS) is 12.2. The van der Waals surface area contributed by atoms with Crippen LogP contribution in [0.25, 0.3) is 11.4 Å². The molecule has 2 aromatic rings. The van der Waals surface area contributed by atoms with Gasteiger partial charge in [-0.05, 0) is 37.6 Å². The third kappa shape index (κ3) is 5.73. The lowest BCUT2D eigenvalue weighted by Gasteiger charge is -2.12. The fourth-order valence-corrected chi connectivity index (χ4v) is 3.04. The van der Waals surface area contributed by atoms with Crippen LogP contribution in [0, 0.1) is 0 Å². The number of hydrogen-bond donors (Lipinski definition) is 1. The number of halogens is 1. The molecule has 1 heterocycles. The number of aromatic nitrogens is 3. The SMILES string of the molecule is CC[C@@H](C)NC(=O)CSc1nnc(-c2ccc(Cl)cc2)n1CCOC. The molecule has 2 rings (SSSR count). The fraction of sp³-hybridized carbons (Fsp3) is 0.471. The highest BCUT2D eigenvalue weighted by atomic mass is 35.5. The van der Waals surface area contributed by atoms with Gasteiger partial charge in [0.25, 0.3) is 0 Å². The predicted octanol–water partition coefficient (Wildman–Crippen LogP) is 3.25. The van der Waals surface area contributed by atoms with Crippen molar-refractivity contribution >= 4 is 29.3 Å². The van der Waals surface area contributed by atoms with Gasteiger partial charge in [-0.3, -0.25) is 9.36 Å². The summed E-state index contributed by atoms with van der Waals surface area (Å²) in [6.45, 7) is 5.17. The molecule has 1 aromatic carbocycles. The summed E-state index contributed by atoms with van der Waals surface area (Å²) in [7, 11) is 1.65. The first-order valence-corrected chi connectivity index (χ1v) is 9.51. The Morgan fingerprint density at radius 3 is 2.72 bits per heavy atom. The second-order valence-corrected chi connectivity index (χ2v) is 7.00. The smallest absolute Gasteiger partial charge is 0.230 e. The van der Waals surface area contributed by atoms with Crippen LogP contribution in [0.15, 0.2) is 29.4 Å². The van der Waals surface area contributed by atoms with Crippen molar-refractivity contribution in [2.75, 3.05) is 19.5 Å². The molecule has 1 amide bonds. The van der Waals surface area contributed by atoms with E-state index >= 15 is 0 Å². The number of amides is 1. The van der Waals surface area contributed by atoms with E-state index in [0.717, 1.165) is 17.8 Å². The van der Waals surface area contributed by atoms with Crippen molar-refractivity contribution in [1.82, 2.24) is 20.1 Å². The van der Waals surface area contributed by atoms with Gasteiger partial charge >= 0.3 is 0 Å². The molecular formula is C17H23ClN4O2S. The summed E-state index contributed by atoms with van der Waals surface area (Å²) >= 11 is 7.33. The zero-order valence-corrected chi connectivity index (χ0v) is 16.2. The lowest BCUT2D eigenvalue weighted by molar-refractivity contribution is -0.119. The lowest BCUT2D eigenvalue weighted by Crippen LogP contribution is -2.33. The molecule has 0 saturated carbocycles. The van der Waals surface area contributed by atoms with E-state index in [1.54, 1.807) is 7.11 Å². The van der Waals surface area contributed by atoms with Gasteiger partial charge in [-0.1, -0.05) is 30.3 Å². The van der Waals surface area contributed by atoms with Crippen LogP contribution in [0.4, 0.5) is 0 Å². The molecule has 0 aliphatic carbocycles. The molecule has 1 N–H and O–H groups in total. The van der Waals surface area contributed by atoms with Crippen molar-refractivity contribution < 1.29 is 9.53 Å². The average Bonchev–Trinajstić information content (AvgIpc) is 3.01. The van der Waals surface area contributed by atoms with Crippen molar-refractivity contribution in [2.45, 2.75) is 38.0 Å². The van der Waals surface area contributed by atoms with Gasteiger partial charge in [-0.15, -0.1) is 10.2 Å². The second-order valence-electron chi connectivity index (χ2n) is 5.62. The molecule has 25 heavy (non-hydrogen) atoms. The van der Waals surface area contributed by atoms with E-state index in [2.05, 4.69) is 15.5 Å². The van der Waals surface area contributed by atoms with Crippen LogP contribution in [0.1, 0.15) is 20.3 Å². The number of carbonyl (C=O) groups is 1. The van der Waals surface area contributed by atoms with Gasteiger partial charge in [0.05, 0.1) is 18.9 Å². The third-order valence-corrected chi connectivity index (χ3v) is 4.91. The van der Waals surface area contributed by atoms with Gasteiger partial charge in [0.2, 0.25) is 5.91 Å². The van der Waals surface area contributed by atoms with Crippen LogP contribution in [-0.2, 0) is 16.1 Å². The van der Waals surface area contributed by atoms with E-state index in [4.69, 9.17) is 16.3 Å². The molecule has 0 aliphatic rings. The summed E-state index contributed by atoms with van der Waals surface area (Å²) in [6, 6.07) is 7.61. The molecule has 0 radical (unpaired) electrons. The maximum absolute atomic E-state index is 12.0. The lowest BCUT2D eigenvalue weighted by atomic mass is 10.2. The molecule has 0 bridgehead atoms. The molecule has 1 aromatic heterocycles. The Hall–Kier alpha value is -1.57. The van der Waals surface area contributed by atoms with Crippen LogP contribution >= 0.6 is 23.4 Å². The Morgan fingerprint density at radius 2 is 2.08 bits per heavy atom. The molecule has 0 spiro atoms. The number of ether oxygens (including phenoxy) is 1. The average molecular weight is 383 g/mol. The Labute approximate surface area is 157 Å². The topological polar surface area (TPSA) is 69.0 Å². The first kappa shape index (κ1) is 19.8. The molecule has 0 unspecified atom stereocenters. The number of thioether (sulfide) groups is 1. The van der Waals surface area contributed by atoms with Gasteiger partial charge in [0.1, 0.15) is 0 Å². The monoisotopic (exact) mass is 382 g/mol. The van der Waals surface area contributed by atoms with Crippen LogP contribution in [0.3, 0.4) is 0 Å². The Morgan fingerprint density at radius 1 is 1.36 bits per heavy atom. The summed E-state index contributed by atoms with van der Waals surface area (Å²) in [5, 5.41) is 12.8. The van der Waals surface area contributed by atoms with Gasteiger partial charge in [-0.2, -0.15) is 0 Å². The molecule has 1 atom stereocenters. The maximum Gasteiger partial charge on any atom is 0.230 e. The summed E-state index contributed by atoms with van der Waals surface area (Å²) in [5.74, 6) is 1.03. The van der Waals surface area contributed by atoms with Crippen molar-refractivity contribution in [3.05, 3.63) is 29.3 Å². The molecule has 8 heteroatoms. The number of nitrogens with zero attached hydrogens (tertiary/aromatic N) is 3. The molecule has 0 fully saturated rings. The van der Waals surface area contributed by atoms with E-state index < -0.39 is 0 Å². The summed E-state index contributed by atoms with van der Waals surface area (Å²) in [5.41, 5.74) is 0.920. The van der Waals surface area contributed by atoms with E-state index in [-0.39, 0.29) is 11.9 Å². The molecule has 6 nitrogen and oxygen atoms in total. The number of rotatable bonds is 9. The fourth-order valence-electron chi connectivity index (χ4n) is 2.14. The number of hydrogen-bond acceptors (Lipinski definition) is 5. The number of carbonyl (C=O) groups excluding carboxylic acids is 1. The predicted molar refractivity (Wildman–Crippen MR) is 101 cm³/mol. The van der Waals surface area contributed by atoms with Crippen LogP contribution in [0.2, 0.25) is 5.02 Å². The Bertz CT molecular complexity index is 690. The highest BCUT2D eigenvalue weighted by Gasteiger charge is 2.16. The van der Waals surface area contributed by atoms with E-state index in [0.29, 0.717) is 29.1 Å². The van der Waals surface area contributed by atoms with Gasteiger partial charge in [0, 0.05) is 23.7 Å². The van der Waals surface area contributed by atoms with Gasteiger partial charge < -0.3 is 10.1 Å². The van der Waals surface area contributed by atoms with Gasteiger partial charge in [-0.25, -0.2) is 0 Å². The largest absolute Gasteiger partial charge is 0.383 e. The van der Waals surface area contributed by atoms with E-state index in [1.165, 1.54) is 11.8 Å². The van der Waals surface area contributed by atoms with Crippen molar-refractivity contribution in [1.29, 1.82) is 0 Å². The highest BCUT2D eigenvalue weighted by molar-refractivity contribution is 7.99. The summed E-state index contributed by atoms with van der Waals surface area (Å²) in [4.78, 5) is 12.0. The van der Waals surface area contributed by atoms with Crippen LogP contribution in [-0.4, -0.2) is 46.2 Å². The van der Waals surface area contributed by atoms with Crippen LogP contribution in [0.5, 0.6) is 0 Å². The van der Waals surface area contributed by atoms with Crippen LogP contribution < -0.4 is 5.32 Å². The second kappa shape index (κ2) is 9.79. The molecular weight excluding hydrogens is 360 g/mol. The number of methoxy groups -OCH3 is 1. The van der Waals surface area contributed by atoms with E-state index in [9.17, 15) is 4.79 Å². The molecule has 0 aliphatic heterocycles. The number of nitrogens with one attached hydrogen (secondary N) is 1. The first-order valence-electron chi connectivity index (χ1n) is 8.15. The van der Waals surface area contributed by atoms with Crippen molar-refractivity contribution in [3.63, 3.8) is 0 Å². The summed E-state index contributed by atoms with van der Waals surface area (Å²) in [6.07, 6.45) is 0.904. The van der Waals surface area contributed by atoms with Crippen molar-refractivity contribution in [3.8, 4) is 11.4 Å². The van der Waals surface area contributed by atoms with Gasteiger partial charge in [0.15, 0.2) is 11.0 Å². The summed E-state index contributed by atoms with van der Waals surface area (Å²) < 4.78 is 7.15. The Balaban J connectivity index is 2.14. The maximum atomic E-state index is 12.0. The first-order chi connectivity index (χ1) is 12.0. The standard InChI is InChI=1S/C17H23ClN4O2S/c1-4-12(2)19-15(23)11-25-17-21-20-16(22(17)9-10-24-3)13-5-7-14(18)8-6-13/h5-8,12H,4,9-11H2,1-3H3,(H,19,23)/t12-/m1/s1. The molecule has 136 valence electrons. The van der Waals surface area contributed by atoms with E-state index in [1.807, 2.05) is 42.7 Å². The quantitative estimate of drug-likeness (QED) is 0.674. The third-order valence-electron chi connectivity index (χ3n) is 3.69. The minimum Gasteiger partial charge on any atom is -0.383 e.